The van der Waals surface area contributed by atoms with Gasteiger partial charge in [0.25, 0.3) is 5.89 Å². The Hall–Kier alpha value is -1.27. The molecular weight excluding hydrogens is 320 g/mol. The van der Waals surface area contributed by atoms with Crippen LogP contribution in [0.25, 0.3) is 11.6 Å². The Bertz CT molecular complexity index is 615. The van der Waals surface area contributed by atoms with E-state index in [1.807, 2.05) is 12.1 Å². The van der Waals surface area contributed by atoms with Crippen molar-refractivity contribution in [1.29, 1.82) is 0 Å². The molecule has 6 heteroatoms. The summed E-state index contributed by atoms with van der Waals surface area (Å²) in [5.41, 5.74) is 6.66. The first kappa shape index (κ1) is 13.7. The second-order valence-electron chi connectivity index (χ2n) is 5.61. The first-order valence-electron chi connectivity index (χ1n) is 6.82. The van der Waals surface area contributed by atoms with E-state index in [9.17, 15) is 0 Å². The Labute approximate surface area is 126 Å². The second-order valence-corrected chi connectivity index (χ2v) is 6.47. The third-order valence-corrected chi connectivity index (χ3v) is 4.50. The monoisotopic (exact) mass is 336 g/mol. The van der Waals surface area contributed by atoms with Gasteiger partial charge in [0, 0.05) is 10.7 Å². The summed E-state index contributed by atoms with van der Waals surface area (Å²) >= 11 is 3.44. The molecule has 2 N–H and O–H groups in total. The third-order valence-electron chi connectivity index (χ3n) is 3.86. The average Bonchev–Trinajstić information content (AvgIpc) is 2.89. The van der Waals surface area contributed by atoms with Crippen molar-refractivity contribution in [3.05, 3.63) is 28.6 Å². The number of nitrogens with two attached hydrogens (primary N) is 1. The Morgan fingerprint density at radius 1 is 1.50 bits per heavy atom. The van der Waals surface area contributed by atoms with Gasteiger partial charge < -0.3 is 10.3 Å². The van der Waals surface area contributed by atoms with Gasteiger partial charge in [0.2, 0.25) is 0 Å². The third kappa shape index (κ3) is 2.50. The van der Waals surface area contributed by atoms with Crippen molar-refractivity contribution in [2.45, 2.75) is 38.1 Å². The van der Waals surface area contributed by atoms with E-state index in [1.54, 1.807) is 6.20 Å². The number of hydrogen-bond donors (Lipinski definition) is 1. The maximum absolute atomic E-state index is 6.48. The molecule has 0 saturated heterocycles. The van der Waals surface area contributed by atoms with Crippen LogP contribution in [-0.2, 0) is 5.54 Å². The largest absolute Gasteiger partial charge is 0.332 e. The molecule has 2 aromatic rings. The smallest absolute Gasteiger partial charge is 0.277 e. The zero-order valence-corrected chi connectivity index (χ0v) is 12.9. The Morgan fingerprint density at radius 3 is 3.10 bits per heavy atom. The van der Waals surface area contributed by atoms with Gasteiger partial charge in [-0.05, 0) is 46.8 Å². The molecule has 1 aliphatic carbocycles. The van der Waals surface area contributed by atoms with Crippen LogP contribution in [0.3, 0.4) is 0 Å². The molecule has 0 spiro atoms. The molecular formula is C14H17BrN4O. The van der Waals surface area contributed by atoms with Crippen LogP contribution in [0.4, 0.5) is 0 Å². The van der Waals surface area contributed by atoms with Gasteiger partial charge in [-0.25, -0.2) is 4.98 Å². The van der Waals surface area contributed by atoms with Crippen molar-refractivity contribution in [3.63, 3.8) is 0 Å². The molecule has 2 aromatic heterocycles. The van der Waals surface area contributed by atoms with Crippen molar-refractivity contribution >= 4 is 15.9 Å². The minimum absolute atomic E-state index is 0.413. The summed E-state index contributed by atoms with van der Waals surface area (Å²) in [6.07, 6.45) is 5.82. The Morgan fingerprint density at radius 2 is 2.35 bits per heavy atom. The molecule has 2 unspecified atom stereocenters. The van der Waals surface area contributed by atoms with Gasteiger partial charge in [0.15, 0.2) is 5.82 Å². The van der Waals surface area contributed by atoms with E-state index in [1.165, 1.54) is 6.42 Å². The summed E-state index contributed by atoms with van der Waals surface area (Å²) in [5.74, 6) is 1.60. The number of halogens is 1. The molecule has 1 fully saturated rings. The van der Waals surface area contributed by atoms with E-state index in [0.717, 1.165) is 23.7 Å². The minimum Gasteiger partial charge on any atom is -0.332 e. The van der Waals surface area contributed by atoms with Crippen LogP contribution in [0.5, 0.6) is 0 Å². The van der Waals surface area contributed by atoms with Crippen LogP contribution in [-0.4, -0.2) is 15.1 Å². The van der Waals surface area contributed by atoms with E-state index < -0.39 is 5.54 Å². The summed E-state index contributed by atoms with van der Waals surface area (Å²) in [6.45, 7) is 2.22. The molecule has 5 nitrogen and oxygen atoms in total. The lowest BCUT2D eigenvalue weighted by Gasteiger charge is -2.33. The molecule has 0 aromatic carbocycles. The fourth-order valence-electron chi connectivity index (χ4n) is 2.86. The number of hydrogen-bond acceptors (Lipinski definition) is 5. The predicted octanol–water partition coefficient (Wildman–Crippen LogP) is 3.26. The number of rotatable bonds is 2. The molecule has 1 aliphatic rings. The summed E-state index contributed by atoms with van der Waals surface area (Å²) in [7, 11) is 0. The van der Waals surface area contributed by atoms with E-state index in [-0.39, 0.29) is 0 Å². The van der Waals surface area contributed by atoms with E-state index in [4.69, 9.17) is 10.3 Å². The second kappa shape index (κ2) is 5.26. The van der Waals surface area contributed by atoms with Crippen LogP contribution in [0.1, 0.15) is 38.4 Å². The maximum Gasteiger partial charge on any atom is 0.277 e. The molecule has 0 amide bonds. The molecule has 1 saturated carbocycles. The van der Waals surface area contributed by atoms with E-state index in [2.05, 4.69) is 38.0 Å². The fraction of sp³-hybridized carbons (Fsp3) is 0.500. The highest BCUT2D eigenvalue weighted by molar-refractivity contribution is 9.10. The van der Waals surface area contributed by atoms with Crippen LogP contribution < -0.4 is 5.73 Å². The highest BCUT2D eigenvalue weighted by atomic mass is 79.9. The average molecular weight is 337 g/mol. The quantitative estimate of drug-likeness (QED) is 0.910. The summed E-state index contributed by atoms with van der Waals surface area (Å²) in [6, 6.07) is 3.74. The molecule has 3 rings (SSSR count). The fourth-order valence-corrected chi connectivity index (χ4v) is 3.28. The lowest BCUT2D eigenvalue weighted by atomic mass is 9.76. The Balaban J connectivity index is 1.92. The van der Waals surface area contributed by atoms with Crippen molar-refractivity contribution in [1.82, 2.24) is 15.1 Å². The van der Waals surface area contributed by atoms with E-state index in [0.29, 0.717) is 23.3 Å². The van der Waals surface area contributed by atoms with Crippen LogP contribution in [0.2, 0.25) is 0 Å². The first-order valence-corrected chi connectivity index (χ1v) is 7.62. The molecule has 20 heavy (non-hydrogen) atoms. The van der Waals surface area contributed by atoms with Crippen molar-refractivity contribution < 1.29 is 4.52 Å². The molecule has 0 radical (unpaired) electrons. The summed E-state index contributed by atoms with van der Waals surface area (Å²) < 4.78 is 6.18. The maximum atomic E-state index is 6.48. The van der Waals surface area contributed by atoms with Gasteiger partial charge in [0.1, 0.15) is 5.69 Å². The van der Waals surface area contributed by atoms with Gasteiger partial charge in [-0.2, -0.15) is 4.98 Å². The van der Waals surface area contributed by atoms with Gasteiger partial charge in [-0.1, -0.05) is 24.9 Å². The highest BCUT2D eigenvalue weighted by Crippen LogP contribution is 2.37. The molecule has 0 bridgehead atoms. The van der Waals surface area contributed by atoms with Crippen molar-refractivity contribution in [2.24, 2.45) is 11.7 Å². The standard InChI is InChI=1S/C14H17BrN4O/c1-9-4-2-6-14(16,8-9)13-18-12(20-19-13)11-10(15)5-3-7-17-11/h3,5,7,9H,2,4,6,8,16H2,1H3. The molecule has 106 valence electrons. The van der Waals surface area contributed by atoms with Crippen LogP contribution in [0.15, 0.2) is 27.3 Å². The van der Waals surface area contributed by atoms with Gasteiger partial charge >= 0.3 is 0 Å². The molecule has 2 heterocycles. The first-order chi connectivity index (χ1) is 9.58. The van der Waals surface area contributed by atoms with E-state index >= 15 is 0 Å². The van der Waals surface area contributed by atoms with Gasteiger partial charge in [0.05, 0.1) is 5.54 Å². The zero-order valence-electron chi connectivity index (χ0n) is 11.3. The zero-order chi connectivity index (χ0) is 14.2. The summed E-state index contributed by atoms with van der Waals surface area (Å²) in [4.78, 5) is 8.74. The number of aromatic nitrogens is 3. The predicted molar refractivity (Wildman–Crippen MR) is 78.7 cm³/mol. The van der Waals surface area contributed by atoms with Gasteiger partial charge in [-0.3, -0.25) is 0 Å². The normalized spacial score (nSPS) is 26.6. The summed E-state index contributed by atoms with van der Waals surface area (Å²) in [5, 5.41) is 4.09. The Kier molecular flexibility index (Phi) is 3.60. The SMILES string of the molecule is CC1CCCC(N)(c2noc(-c3ncccc3Br)n2)C1. The number of pyridine rings is 1. The molecule has 0 aliphatic heterocycles. The molecule has 2 atom stereocenters. The topological polar surface area (TPSA) is 77.8 Å². The van der Waals surface area contributed by atoms with Crippen LogP contribution in [0, 0.1) is 5.92 Å². The minimum atomic E-state index is -0.472. The van der Waals surface area contributed by atoms with Crippen molar-refractivity contribution in [3.8, 4) is 11.6 Å². The highest BCUT2D eigenvalue weighted by Gasteiger charge is 2.37. The van der Waals surface area contributed by atoms with Crippen LogP contribution >= 0.6 is 15.9 Å². The number of nitrogens with zero attached hydrogens (tertiary/aromatic N) is 3. The van der Waals surface area contributed by atoms with Crippen molar-refractivity contribution in [2.75, 3.05) is 0 Å². The van der Waals surface area contributed by atoms with Gasteiger partial charge in [-0.15, -0.1) is 0 Å². The lowest BCUT2D eigenvalue weighted by molar-refractivity contribution is 0.222. The lowest BCUT2D eigenvalue weighted by Crippen LogP contribution is -2.42.